The molecule has 4 aliphatic rings. The molecule has 4 fully saturated rings. The van der Waals surface area contributed by atoms with Crippen LogP contribution in [0.2, 0.25) is 0 Å². The zero-order valence-electron chi connectivity index (χ0n) is 11.9. The van der Waals surface area contributed by atoms with Gasteiger partial charge in [0.1, 0.15) is 0 Å². The summed E-state index contributed by atoms with van der Waals surface area (Å²) in [6.45, 7) is 4.87. The molecule has 4 rings (SSSR count). The Morgan fingerprint density at radius 1 is 0.947 bits per heavy atom. The Labute approximate surface area is 113 Å². The minimum Gasteiger partial charge on any atom is -0.455 e. The van der Waals surface area contributed by atoms with Gasteiger partial charge in [-0.3, -0.25) is 9.59 Å². The number of esters is 2. The van der Waals surface area contributed by atoms with Gasteiger partial charge >= 0.3 is 11.9 Å². The zero-order chi connectivity index (χ0) is 13.8. The van der Waals surface area contributed by atoms with Crippen molar-refractivity contribution in [3.8, 4) is 0 Å². The third-order valence-corrected chi connectivity index (χ3v) is 5.52. The molecule has 106 valence electrons. The van der Waals surface area contributed by atoms with Gasteiger partial charge in [0, 0.05) is 19.8 Å². The third-order valence-electron chi connectivity index (χ3n) is 5.52. The number of hydrogen-bond donors (Lipinski definition) is 0. The van der Waals surface area contributed by atoms with Crippen molar-refractivity contribution in [2.75, 3.05) is 0 Å². The van der Waals surface area contributed by atoms with E-state index in [0.29, 0.717) is 17.8 Å². The lowest BCUT2D eigenvalue weighted by molar-refractivity contribution is -0.276. The van der Waals surface area contributed by atoms with Gasteiger partial charge in [-0.25, -0.2) is 0 Å². The van der Waals surface area contributed by atoms with Crippen LogP contribution in [0.25, 0.3) is 0 Å². The lowest BCUT2D eigenvalue weighted by Crippen LogP contribution is -2.70. The second-order valence-corrected chi connectivity index (χ2v) is 6.83. The molecule has 0 spiro atoms. The average molecular weight is 266 g/mol. The Kier molecular flexibility index (Phi) is 2.70. The van der Waals surface area contributed by atoms with Crippen molar-refractivity contribution < 1.29 is 19.1 Å². The van der Waals surface area contributed by atoms with Crippen LogP contribution >= 0.6 is 0 Å². The molecule has 4 heteroatoms. The molecule has 0 aliphatic heterocycles. The molecule has 0 amide bonds. The van der Waals surface area contributed by atoms with Crippen LogP contribution in [0, 0.1) is 17.8 Å². The van der Waals surface area contributed by atoms with Crippen LogP contribution in [0.3, 0.4) is 0 Å². The summed E-state index contributed by atoms with van der Waals surface area (Å²) in [4.78, 5) is 23.0. The van der Waals surface area contributed by atoms with Gasteiger partial charge < -0.3 is 9.47 Å². The van der Waals surface area contributed by atoms with Gasteiger partial charge in [0.15, 0.2) is 11.2 Å². The Hall–Kier alpha value is -1.06. The normalized spacial score (nSPS) is 47.0. The van der Waals surface area contributed by atoms with Crippen LogP contribution in [-0.4, -0.2) is 23.1 Å². The fraction of sp³-hybridized carbons (Fsp3) is 0.867. The summed E-state index contributed by atoms with van der Waals surface area (Å²) >= 11 is 0. The number of carbonyl (C=O) groups is 2. The van der Waals surface area contributed by atoms with E-state index in [-0.39, 0.29) is 11.9 Å². The van der Waals surface area contributed by atoms with Gasteiger partial charge in [0.2, 0.25) is 0 Å². The molecule has 4 nitrogen and oxygen atoms in total. The van der Waals surface area contributed by atoms with E-state index in [1.807, 2.05) is 6.92 Å². The lowest BCUT2D eigenvalue weighted by Gasteiger charge is -2.64. The minimum absolute atomic E-state index is 0.264. The van der Waals surface area contributed by atoms with Gasteiger partial charge in [-0.15, -0.1) is 0 Å². The topological polar surface area (TPSA) is 52.6 Å². The molecule has 3 atom stereocenters. The first kappa shape index (κ1) is 12.9. The summed E-state index contributed by atoms with van der Waals surface area (Å²) in [7, 11) is 0. The van der Waals surface area contributed by atoms with Crippen LogP contribution in [-0.2, 0) is 19.1 Å². The molecule has 0 heterocycles. The van der Waals surface area contributed by atoms with E-state index < -0.39 is 11.2 Å². The van der Waals surface area contributed by atoms with Crippen molar-refractivity contribution in [3.05, 3.63) is 0 Å². The maximum absolute atomic E-state index is 11.5. The van der Waals surface area contributed by atoms with E-state index in [1.165, 1.54) is 20.3 Å². The number of hydrogen-bond acceptors (Lipinski definition) is 4. The monoisotopic (exact) mass is 266 g/mol. The molecular weight excluding hydrogens is 244 g/mol. The maximum atomic E-state index is 11.5. The van der Waals surface area contributed by atoms with Crippen molar-refractivity contribution in [2.24, 2.45) is 17.8 Å². The van der Waals surface area contributed by atoms with Gasteiger partial charge in [-0.1, -0.05) is 0 Å². The fourth-order valence-corrected chi connectivity index (χ4v) is 5.08. The highest BCUT2D eigenvalue weighted by molar-refractivity contribution is 5.68. The molecule has 0 N–H and O–H groups in total. The number of rotatable bonds is 2. The van der Waals surface area contributed by atoms with Crippen molar-refractivity contribution in [2.45, 2.75) is 64.1 Å². The zero-order valence-corrected chi connectivity index (χ0v) is 11.9. The first-order valence-electron chi connectivity index (χ1n) is 7.24. The summed E-state index contributed by atoms with van der Waals surface area (Å²) < 4.78 is 11.5. The van der Waals surface area contributed by atoms with Crippen molar-refractivity contribution in [3.63, 3.8) is 0 Å². The standard InChI is InChI=1S/C15H22O4/c1-9(16)18-14(3)13-5-11-4-12(6-13)8-15(14,7-11)19-10(2)17/h11-13H,4-8H2,1-3H3. The molecule has 4 saturated carbocycles. The van der Waals surface area contributed by atoms with E-state index in [0.717, 1.165) is 25.7 Å². The highest BCUT2D eigenvalue weighted by Gasteiger charge is 2.67. The van der Waals surface area contributed by atoms with E-state index in [9.17, 15) is 9.59 Å². The van der Waals surface area contributed by atoms with E-state index in [1.54, 1.807) is 0 Å². The predicted molar refractivity (Wildman–Crippen MR) is 68.2 cm³/mol. The van der Waals surface area contributed by atoms with Gasteiger partial charge in [-0.05, 0) is 50.9 Å². The third kappa shape index (κ3) is 1.79. The van der Waals surface area contributed by atoms with Crippen molar-refractivity contribution in [1.82, 2.24) is 0 Å². The smallest absolute Gasteiger partial charge is 0.303 e. The molecular formula is C15H22O4. The quantitative estimate of drug-likeness (QED) is 0.720. The van der Waals surface area contributed by atoms with Crippen LogP contribution in [0.1, 0.15) is 52.9 Å². The molecule has 0 aromatic carbocycles. The van der Waals surface area contributed by atoms with Crippen molar-refractivity contribution >= 4 is 11.9 Å². The molecule has 3 unspecified atom stereocenters. The maximum Gasteiger partial charge on any atom is 0.303 e. The van der Waals surface area contributed by atoms with E-state index in [4.69, 9.17) is 9.47 Å². The molecule has 4 aliphatic carbocycles. The van der Waals surface area contributed by atoms with Gasteiger partial charge in [0.25, 0.3) is 0 Å². The summed E-state index contributed by atoms with van der Waals surface area (Å²) in [5, 5.41) is 0. The molecule has 0 saturated heterocycles. The SMILES string of the molecule is CC(=O)OC12CC3CC(CC(C3)C1(C)OC(C)=O)C2. The Balaban J connectivity index is 2.00. The number of carbonyl (C=O) groups excluding carboxylic acids is 2. The highest BCUT2D eigenvalue weighted by Crippen LogP contribution is 2.62. The van der Waals surface area contributed by atoms with E-state index in [2.05, 4.69) is 0 Å². The fourth-order valence-electron chi connectivity index (χ4n) is 5.08. The summed E-state index contributed by atoms with van der Waals surface area (Å²) in [6, 6.07) is 0. The van der Waals surface area contributed by atoms with Crippen LogP contribution in [0.15, 0.2) is 0 Å². The second-order valence-electron chi connectivity index (χ2n) is 6.83. The van der Waals surface area contributed by atoms with Crippen LogP contribution < -0.4 is 0 Å². The largest absolute Gasteiger partial charge is 0.455 e. The second kappa shape index (κ2) is 3.97. The predicted octanol–water partition coefficient (Wildman–Crippen LogP) is 2.45. The van der Waals surface area contributed by atoms with Crippen LogP contribution in [0.4, 0.5) is 0 Å². The lowest BCUT2D eigenvalue weighted by atomic mass is 9.48. The first-order valence-corrected chi connectivity index (χ1v) is 7.24. The molecule has 0 aromatic rings. The molecule has 0 radical (unpaired) electrons. The summed E-state index contributed by atoms with van der Waals surface area (Å²) in [5.74, 6) is 1.05. The molecule has 0 aromatic heterocycles. The highest BCUT2D eigenvalue weighted by atomic mass is 16.6. The molecule has 4 bridgehead atoms. The van der Waals surface area contributed by atoms with Gasteiger partial charge in [0.05, 0.1) is 0 Å². The Bertz CT molecular complexity index is 416. The number of ether oxygens (including phenoxy) is 2. The van der Waals surface area contributed by atoms with E-state index >= 15 is 0 Å². The van der Waals surface area contributed by atoms with Crippen molar-refractivity contribution in [1.29, 1.82) is 0 Å². The first-order chi connectivity index (χ1) is 8.84. The average Bonchev–Trinajstić information content (AvgIpc) is 2.23. The summed E-state index contributed by atoms with van der Waals surface area (Å²) in [5.41, 5.74) is -1.23. The van der Waals surface area contributed by atoms with Crippen LogP contribution in [0.5, 0.6) is 0 Å². The Morgan fingerprint density at radius 2 is 1.47 bits per heavy atom. The van der Waals surface area contributed by atoms with Gasteiger partial charge in [-0.2, -0.15) is 0 Å². The summed E-state index contributed by atoms with van der Waals surface area (Å²) in [6.07, 6.45) is 5.15. The Morgan fingerprint density at radius 3 is 1.95 bits per heavy atom. The molecule has 19 heavy (non-hydrogen) atoms. The minimum atomic E-state index is -0.641.